The fourth-order valence-electron chi connectivity index (χ4n) is 5.96. The van der Waals surface area contributed by atoms with E-state index in [0.29, 0.717) is 24.1 Å². The highest BCUT2D eigenvalue weighted by molar-refractivity contribution is 8.00. The number of carbonyl (C=O) groups excluding carboxylic acids is 2. The largest absolute Gasteiger partial charge is 0.461 e. The fourth-order valence-corrected chi connectivity index (χ4v) is 7.32. The molecule has 1 aliphatic rings. The van der Waals surface area contributed by atoms with Crippen molar-refractivity contribution in [3.8, 4) is 6.07 Å². The lowest BCUT2D eigenvalue weighted by atomic mass is 9.89. The molecule has 56 heavy (non-hydrogen) atoms. The average molecular weight is 790 g/mol. The van der Waals surface area contributed by atoms with Crippen molar-refractivity contribution in [3.63, 3.8) is 0 Å². The third kappa shape index (κ3) is 11.4. The van der Waals surface area contributed by atoms with Crippen LogP contribution in [-0.4, -0.2) is 82.2 Å². The zero-order chi connectivity index (χ0) is 40.1. The van der Waals surface area contributed by atoms with E-state index in [1.165, 1.54) is 53.4 Å². The van der Waals surface area contributed by atoms with Crippen LogP contribution in [0.2, 0.25) is 0 Å². The van der Waals surface area contributed by atoms with Crippen LogP contribution in [0.3, 0.4) is 0 Å². The molecule has 0 bridgehead atoms. The molecule has 2 heterocycles. The normalized spacial score (nSPS) is 17.5. The van der Waals surface area contributed by atoms with Gasteiger partial charge in [-0.2, -0.15) is 10.4 Å². The first-order valence-electron chi connectivity index (χ1n) is 17.8. The molecule has 1 fully saturated rings. The predicted molar refractivity (Wildman–Crippen MR) is 203 cm³/mol. The Morgan fingerprint density at radius 1 is 1.09 bits per heavy atom. The smallest absolute Gasteiger partial charge is 0.339 e. The van der Waals surface area contributed by atoms with Gasteiger partial charge in [0.1, 0.15) is 36.7 Å². The Morgan fingerprint density at radius 3 is 2.57 bits per heavy atom. The summed E-state index contributed by atoms with van der Waals surface area (Å²) >= 11 is 1.33. The highest BCUT2D eigenvalue weighted by Crippen LogP contribution is 2.42. The zero-order valence-electron chi connectivity index (χ0n) is 31.1. The van der Waals surface area contributed by atoms with Crippen molar-refractivity contribution in [3.05, 3.63) is 137 Å². The van der Waals surface area contributed by atoms with E-state index in [2.05, 4.69) is 10.1 Å². The van der Waals surface area contributed by atoms with Crippen molar-refractivity contribution in [1.29, 1.82) is 5.26 Å². The van der Waals surface area contributed by atoms with Crippen molar-refractivity contribution < 1.29 is 41.7 Å². The van der Waals surface area contributed by atoms with Gasteiger partial charge < -0.3 is 23.8 Å². The molecule has 2 atom stereocenters. The van der Waals surface area contributed by atoms with Gasteiger partial charge in [0.15, 0.2) is 11.9 Å². The maximum Gasteiger partial charge on any atom is 0.339 e. The highest BCUT2D eigenvalue weighted by Gasteiger charge is 2.47. The van der Waals surface area contributed by atoms with Gasteiger partial charge in [0, 0.05) is 34.4 Å². The molecule has 0 aliphatic carbocycles. The first kappa shape index (κ1) is 41.9. The molecular weight excluding hydrogens is 748 g/mol. The van der Waals surface area contributed by atoms with Crippen LogP contribution in [0, 0.1) is 28.8 Å². The molecule has 0 spiro atoms. The molecule has 5 rings (SSSR count). The number of nitriles is 1. The van der Waals surface area contributed by atoms with Crippen LogP contribution in [0.1, 0.15) is 52.4 Å². The van der Waals surface area contributed by atoms with Gasteiger partial charge in [0.05, 0.1) is 42.2 Å². The Labute approximate surface area is 327 Å². The molecule has 3 aromatic carbocycles. The maximum atomic E-state index is 15.9. The molecule has 4 aromatic rings. The van der Waals surface area contributed by atoms with Crippen molar-refractivity contribution in [2.75, 3.05) is 33.9 Å². The van der Waals surface area contributed by atoms with Crippen LogP contribution in [0.15, 0.2) is 91.5 Å². The van der Waals surface area contributed by atoms with Crippen LogP contribution in [0.5, 0.6) is 0 Å². The van der Waals surface area contributed by atoms with E-state index in [0.717, 1.165) is 18.2 Å². The summed E-state index contributed by atoms with van der Waals surface area (Å²) in [5.74, 6) is -3.50. The first-order valence-corrected chi connectivity index (χ1v) is 18.7. The fraction of sp³-hybridized carbons (Fsp3) is 0.341. The second-order valence-electron chi connectivity index (χ2n) is 13.2. The van der Waals surface area contributed by atoms with E-state index in [9.17, 15) is 18.4 Å². The minimum absolute atomic E-state index is 0.0866. The maximum absolute atomic E-state index is 15.9. The third-order valence-corrected chi connectivity index (χ3v) is 10.3. The average Bonchev–Trinajstić information content (AvgIpc) is 3.69. The summed E-state index contributed by atoms with van der Waals surface area (Å²) in [6, 6.07) is 15.7. The number of allylic oxidation sites excluding steroid dienone is 2. The van der Waals surface area contributed by atoms with Gasteiger partial charge in [0.2, 0.25) is 0 Å². The number of benzene rings is 3. The van der Waals surface area contributed by atoms with Gasteiger partial charge in [-0.15, -0.1) is 11.8 Å². The van der Waals surface area contributed by atoms with Crippen LogP contribution < -0.4 is 0 Å². The predicted octanol–water partition coefficient (Wildman–Crippen LogP) is 6.84. The molecule has 0 radical (unpaired) electrons. The first-order chi connectivity index (χ1) is 27.0. The second-order valence-corrected chi connectivity index (χ2v) is 14.9. The lowest BCUT2D eigenvalue weighted by molar-refractivity contribution is -0.146. The Balaban J connectivity index is 1.34. The number of ether oxygens (including phenoxy) is 4. The number of thioether (sulfide) groups is 1. The van der Waals surface area contributed by atoms with E-state index in [-0.39, 0.29) is 54.7 Å². The van der Waals surface area contributed by atoms with Crippen molar-refractivity contribution in [2.24, 2.45) is 0 Å². The molecule has 0 saturated carbocycles. The number of rotatable bonds is 17. The Kier molecular flexibility index (Phi) is 15.0. The number of carbonyl (C=O) groups is 2. The Hall–Kier alpha value is -5.27. The van der Waals surface area contributed by atoms with Crippen LogP contribution in [0.4, 0.5) is 13.2 Å². The monoisotopic (exact) mass is 789 g/mol. The molecule has 1 aliphatic heterocycles. The van der Waals surface area contributed by atoms with Crippen LogP contribution in [0.25, 0.3) is 6.08 Å². The number of halogens is 3. The summed E-state index contributed by atoms with van der Waals surface area (Å²) in [5.41, 5.74) is -0.842. The Morgan fingerprint density at radius 2 is 1.88 bits per heavy atom. The topological polar surface area (TPSA) is 129 Å². The molecule has 15 heteroatoms. The minimum atomic E-state index is -1.79. The van der Waals surface area contributed by atoms with E-state index in [4.69, 9.17) is 24.2 Å². The van der Waals surface area contributed by atoms with Crippen molar-refractivity contribution in [2.45, 2.75) is 55.3 Å². The Bertz CT molecular complexity index is 2050. The summed E-state index contributed by atoms with van der Waals surface area (Å²) in [4.78, 5) is 32.7. The van der Waals surface area contributed by atoms with Gasteiger partial charge >= 0.3 is 11.9 Å². The molecule has 0 N–H and O–H groups in total. The lowest BCUT2D eigenvalue weighted by Crippen LogP contribution is -2.47. The van der Waals surface area contributed by atoms with Gasteiger partial charge in [-0.3, -0.25) is 4.79 Å². The molecule has 294 valence electrons. The summed E-state index contributed by atoms with van der Waals surface area (Å²) in [6.07, 6.45) is 9.29. The number of aromatic nitrogens is 3. The number of hydrogen-bond donors (Lipinski definition) is 0. The lowest BCUT2D eigenvalue weighted by Gasteiger charge is -2.40. The quantitative estimate of drug-likeness (QED) is 0.0825. The molecule has 1 aromatic heterocycles. The molecule has 1 saturated heterocycles. The van der Waals surface area contributed by atoms with E-state index in [1.54, 1.807) is 49.4 Å². The minimum Gasteiger partial charge on any atom is -0.461 e. The molecule has 0 amide bonds. The van der Waals surface area contributed by atoms with Gasteiger partial charge in [-0.05, 0) is 70.4 Å². The summed E-state index contributed by atoms with van der Waals surface area (Å²) < 4.78 is 69.6. The second kappa shape index (κ2) is 20.1. The standard InChI is InChI=1S/C41H42F3N5O6S/c1-28(56-33-23-53-39(54-24-33)13-7-5-9-30-15-14-29(21-45)19-36(30)43)41(25-49-27-46-26-47-49,35-17-16-32(42)20-37(35)44)55-40(51)34-11-6-4-10-31(34)22-52-38(50)12-8-18-48(2)3/h4-7,9-11,13-17,19-20,26-28,33,39H,8,12,18,22-25H2,1-3H3/t28-,33-,39-,41-/m1/s1. The van der Waals surface area contributed by atoms with Gasteiger partial charge in [-0.25, -0.2) is 27.6 Å². The van der Waals surface area contributed by atoms with E-state index >= 15 is 4.39 Å². The number of esters is 2. The zero-order valence-corrected chi connectivity index (χ0v) is 32.0. The van der Waals surface area contributed by atoms with E-state index in [1.807, 2.05) is 25.1 Å². The molecule has 0 unspecified atom stereocenters. The SMILES string of the molecule is C[C@@H](S[C@H]1CO[C@H](C=CC=Cc2ccc(C#N)cc2F)OC1)[C@@](Cn1cncn1)(OC(=O)c1ccccc1COC(=O)CCCN(C)C)c1ccc(F)cc1F. The summed E-state index contributed by atoms with van der Waals surface area (Å²) in [7, 11) is 3.82. The number of nitrogens with zero attached hydrogens (tertiary/aromatic N) is 5. The van der Waals surface area contributed by atoms with Gasteiger partial charge in [-0.1, -0.05) is 42.5 Å². The van der Waals surface area contributed by atoms with Crippen LogP contribution in [-0.2, 0) is 42.5 Å². The van der Waals surface area contributed by atoms with Gasteiger partial charge in [0.25, 0.3) is 0 Å². The third-order valence-electron chi connectivity index (χ3n) is 8.87. The van der Waals surface area contributed by atoms with E-state index < -0.39 is 46.5 Å². The summed E-state index contributed by atoms with van der Waals surface area (Å²) in [6.45, 7) is 2.51. The molecular formula is C41H42F3N5O6S. The molecule has 11 nitrogen and oxygen atoms in total. The van der Waals surface area contributed by atoms with Crippen LogP contribution >= 0.6 is 11.8 Å². The summed E-state index contributed by atoms with van der Waals surface area (Å²) in [5, 5.41) is 12.1. The van der Waals surface area contributed by atoms with Crippen molar-refractivity contribution in [1.82, 2.24) is 19.7 Å². The van der Waals surface area contributed by atoms with Crippen molar-refractivity contribution >= 4 is 29.8 Å². The number of hydrogen-bond acceptors (Lipinski definition) is 11. The highest BCUT2D eigenvalue weighted by atomic mass is 32.2.